The van der Waals surface area contributed by atoms with Gasteiger partial charge >= 0.3 is 0 Å². The Kier molecular flexibility index (Phi) is 4.29. The van der Waals surface area contributed by atoms with E-state index < -0.39 is 0 Å². The van der Waals surface area contributed by atoms with E-state index >= 15 is 0 Å². The number of nitrogens with two attached hydrogens (primary N) is 1. The van der Waals surface area contributed by atoms with Gasteiger partial charge in [0, 0.05) is 24.5 Å². The molecule has 2 aliphatic carbocycles. The second-order valence-corrected chi connectivity index (χ2v) is 6.64. The molecule has 3 rings (SSSR count). The molecule has 0 unspecified atom stereocenters. The maximum atomic E-state index is 12.8. The molecule has 2 fully saturated rings. The molecule has 1 aromatic carbocycles. The average molecular weight is 286 g/mol. The van der Waals surface area contributed by atoms with Gasteiger partial charge in [-0.1, -0.05) is 31.2 Å². The molecule has 3 nitrogen and oxygen atoms in total. The van der Waals surface area contributed by atoms with Crippen molar-refractivity contribution in [2.24, 2.45) is 11.7 Å². The average Bonchev–Trinajstić information content (AvgIpc) is 3.26. The zero-order valence-electron chi connectivity index (χ0n) is 12.9. The predicted octanol–water partition coefficient (Wildman–Crippen LogP) is 2.87. The van der Waals surface area contributed by atoms with Crippen molar-refractivity contribution in [1.82, 2.24) is 4.90 Å². The van der Waals surface area contributed by atoms with E-state index in [9.17, 15) is 4.79 Å². The van der Waals surface area contributed by atoms with Gasteiger partial charge in [-0.15, -0.1) is 0 Å². The quantitative estimate of drug-likeness (QED) is 0.904. The highest BCUT2D eigenvalue weighted by Gasteiger charge is 2.38. The van der Waals surface area contributed by atoms with E-state index in [1.807, 2.05) is 0 Å². The monoisotopic (exact) mass is 286 g/mol. The number of amides is 1. The number of rotatable bonds is 5. The molecular weight excluding hydrogens is 260 g/mol. The first-order chi connectivity index (χ1) is 10.2. The van der Waals surface area contributed by atoms with Crippen molar-refractivity contribution in [2.75, 3.05) is 0 Å². The number of carbonyl (C=O) groups is 1. The molecule has 114 valence electrons. The van der Waals surface area contributed by atoms with Crippen LogP contribution in [0.2, 0.25) is 0 Å². The number of aryl methyl sites for hydroxylation is 1. The maximum Gasteiger partial charge on any atom is 0.226 e. The van der Waals surface area contributed by atoms with E-state index in [1.54, 1.807) is 0 Å². The lowest BCUT2D eigenvalue weighted by Crippen LogP contribution is -2.37. The first kappa shape index (κ1) is 14.6. The normalized spacial score (nSPS) is 25.0. The summed E-state index contributed by atoms with van der Waals surface area (Å²) in [5.41, 5.74) is 8.57. The molecule has 0 heterocycles. The number of carbonyl (C=O) groups excluding carboxylic acids is 1. The number of hydrogen-bond donors (Lipinski definition) is 1. The molecule has 3 heteroatoms. The van der Waals surface area contributed by atoms with Gasteiger partial charge in [-0.3, -0.25) is 4.79 Å². The van der Waals surface area contributed by atoms with Crippen molar-refractivity contribution in [1.29, 1.82) is 0 Å². The third kappa shape index (κ3) is 3.46. The lowest BCUT2D eigenvalue weighted by molar-refractivity contribution is -0.136. The Morgan fingerprint density at radius 1 is 1.14 bits per heavy atom. The molecule has 2 N–H and O–H groups in total. The molecule has 0 aromatic heterocycles. The molecule has 0 aliphatic heterocycles. The summed E-state index contributed by atoms with van der Waals surface area (Å²) in [5.74, 6) is 0.500. The summed E-state index contributed by atoms with van der Waals surface area (Å²) in [7, 11) is 0. The summed E-state index contributed by atoms with van der Waals surface area (Å²) in [4.78, 5) is 14.9. The van der Waals surface area contributed by atoms with Gasteiger partial charge in [0.05, 0.1) is 0 Å². The minimum Gasteiger partial charge on any atom is -0.335 e. The summed E-state index contributed by atoms with van der Waals surface area (Å²) < 4.78 is 0. The van der Waals surface area contributed by atoms with Crippen LogP contribution in [0.5, 0.6) is 0 Å². The topological polar surface area (TPSA) is 46.3 Å². The van der Waals surface area contributed by atoms with Crippen LogP contribution < -0.4 is 5.73 Å². The number of benzene rings is 1. The molecule has 1 aromatic rings. The van der Waals surface area contributed by atoms with Crippen LogP contribution in [0.15, 0.2) is 24.3 Å². The Hall–Kier alpha value is -1.35. The Bertz CT molecular complexity index is 492. The molecule has 0 radical (unpaired) electrons. The van der Waals surface area contributed by atoms with Gasteiger partial charge in [-0.25, -0.2) is 0 Å². The van der Waals surface area contributed by atoms with Crippen LogP contribution in [0.4, 0.5) is 0 Å². The SMILES string of the molecule is CCc1ccc(CN(C(=O)[C@H]2CC[C@@H](N)C2)C2CC2)cc1. The molecule has 2 saturated carbocycles. The zero-order valence-corrected chi connectivity index (χ0v) is 12.9. The van der Waals surface area contributed by atoms with E-state index in [1.165, 1.54) is 11.1 Å². The van der Waals surface area contributed by atoms with E-state index in [0.29, 0.717) is 11.9 Å². The van der Waals surface area contributed by atoms with Crippen LogP contribution in [0.25, 0.3) is 0 Å². The smallest absolute Gasteiger partial charge is 0.226 e. The Morgan fingerprint density at radius 3 is 2.33 bits per heavy atom. The minimum absolute atomic E-state index is 0.163. The molecule has 0 spiro atoms. The van der Waals surface area contributed by atoms with Crippen molar-refractivity contribution in [2.45, 2.75) is 64.1 Å². The summed E-state index contributed by atoms with van der Waals surface area (Å²) >= 11 is 0. The van der Waals surface area contributed by atoms with E-state index in [0.717, 1.165) is 45.1 Å². The molecule has 0 bridgehead atoms. The molecule has 21 heavy (non-hydrogen) atoms. The first-order valence-corrected chi connectivity index (χ1v) is 8.31. The lowest BCUT2D eigenvalue weighted by Gasteiger charge is -2.26. The van der Waals surface area contributed by atoms with Gasteiger partial charge in [0.25, 0.3) is 0 Å². The standard InChI is InChI=1S/C18H26N2O/c1-2-13-3-5-14(6-4-13)12-20(17-9-10-17)18(21)15-7-8-16(19)11-15/h3-6,15-17H,2,7-12,19H2,1H3/t15-,16+/m0/s1. The van der Waals surface area contributed by atoms with Crippen LogP contribution >= 0.6 is 0 Å². The van der Waals surface area contributed by atoms with Gasteiger partial charge in [0.1, 0.15) is 0 Å². The van der Waals surface area contributed by atoms with Gasteiger partial charge in [0.15, 0.2) is 0 Å². The van der Waals surface area contributed by atoms with Gasteiger partial charge in [-0.2, -0.15) is 0 Å². The Labute approximate surface area is 127 Å². The van der Waals surface area contributed by atoms with E-state index in [2.05, 4.69) is 36.1 Å². The first-order valence-electron chi connectivity index (χ1n) is 8.31. The third-order valence-corrected chi connectivity index (χ3v) is 4.88. The second-order valence-electron chi connectivity index (χ2n) is 6.64. The lowest BCUT2D eigenvalue weighted by atomic mass is 10.0. The minimum atomic E-state index is 0.163. The fourth-order valence-electron chi connectivity index (χ4n) is 3.33. The van der Waals surface area contributed by atoms with Gasteiger partial charge < -0.3 is 10.6 Å². The van der Waals surface area contributed by atoms with Crippen molar-refractivity contribution < 1.29 is 4.79 Å². The maximum absolute atomic E-state index is 12.8. The Morgan fingerprint density at radius 2 is 1.81 bits per heavy atom. The highest BCUT2D eigenvalue weighted by Crippen LogP contribution is 2.33. The highest BCUT2D eigenvalue weighted by atomic mass is 16.2. The van der Waals surface area contributed by atoms with Crippen molar-refractivity contribution in [3.05, 3.63) is 35.4 Å². The molecule has 2 aliphatic rings. The summed E-state index contributed by atoms with van der Waals surface area (Å²) in [6, 6.07) is 9.39. The molecule has 0 saturated heterocycles. The largest absolute Gasteiger partial charge is 0.335 e. The third-order valence-electron chi connectivity index (χ3n) is 4.88. The number of nitrogens with zero attached hydrogens (tertiary/aromatic N) is 1. The zero-order chi connectivity index (χ0) is 14.8. The molecule has 1 amide bonds. The van der Waals surface area contributed by atoms with E-state index in [4.69, 9.17) is 5.73 Å². The van der Waals surface area contributed by atoms with Crippen LogP contribution in [0.1, 0.15) is 50.2 Å². The summed E-state index contributed by atoms with van der Waals surface area (Å²) in [6.45, 7) is 2.93. The van der Waals surface area contributed by atoms with Crippen molar-refractivity contribution >= 4 is 5.91 Å². The predicted molar refractivity (Wildman–Crippen MR) is 84.7 cm³/mol. The molecular formula is C18H26N2O. The van der Waals surface area contributed by atoms with E-state index in [-0.39, 0.29) is 12.0 Å². The van der Waals surface area contributed by atoms with Crippen LogP contribution in [0.3, 0.4) is 0 Å². The molecule has 2 atom stereocenters. The second kappa shape index (κ2) is 6.18. The Balaban J connectivity index is 1.68. The fourth-order valence-corrected chi connectivity index (χ4v) is 3.33. The highest BCUT2D eigenvalue weighted by molar-refractivity contribution is 5.80. The number of hydrogen-bond acceptors (Lipinski definition) is 2. The van der Waals surface area contributed by atoms with Crippen LogP contribution in [0, 0.1) is 5.92 Å². The van der Waals surface area contributed by atoms with Gasteiger partial charge in [-0.05, 0) is 49.7 Å². The summed E-state index contributed by atoms with van der Waals surface area (Å²) in [5, 5.41) is 0. The van der Waals surface area contributed by atoms with Crippen molar-refractivity contribution in [3.63, 3.8) is 0 Å². The van der Waals surface area contributed by atoms with Crippen molar-refractivity contribution in [3.8, 4) is 0 Å². The fraction of sp³-hybridized carbons (Fsp3) is 0.611. The van der Waals surface area contributed by atoms with Crippen LogP contribution in [-0.2, 0) is 17.8 Å². The summed E-state index contributed by atoms with van der Waals surface area (Å²) in [6.07, 6.45) is 6.23. The van der Waals surface area contributed by atoms with Gasteiger partial charge in [0.2, 0.25) is 5.91 Å². The van der Waals surface area contributed by atoms with Crippen LogP contribution in [-0.4, -0.2) is 22.9 Å².